The number of benzene rings is 1. The van der Waals surface area contributed by atoms with Crippen LogP contribution in [-0.2, 0) is 16.0 Å². The molecular weight excluding hydrogens is 224 g/mol. The molecule has 1 rings (SSSR count). The third-order valence-electron chi connectivity index (χ3n) is 2.91. The number of rotatable bonds is 8. The van der Waals surface area contributed by atoms with Crippen molar-refractivity contribution in [2.45, 2.75) is 39.5 Å². The first kappa shape index (κ1) is 14.5. The first-order valence-electron chi connectivity index (χ1n) is 6.49. The van der Waals surface area contributed by atoms with Gasteiger partial charge in [0.1, 0.15) is 6.61 Å². The summed E-state index contributed by atoms with van der Waals surface area (Å²) in [6, 6.07) is 8.73. The van der Waals surface area contributed by atoms with Crippen LogP contribution in [0.1, 0.15) is 37.3 Å². The summed E-state index contributed by atoms with van der Waals surface area (Å²) >= 11 is 0. The first-order chi connectivity index (χ1) is 8.72. The van der Waals surface area contributed by atoms with E-state index in [2.05, 4.69) is 42.0 Å². The minimum Gasteiger partial charge on any atom is -0.463 e. The van der Waals surface area contributed by atoms with Gasteiger partial charge in [-0.3, -0.25) is 4.79 Å². The van der Waals surface area contributed by atoms with Gasteiger partial charge in [-0.2, -0.15) is 0 Å². The summed E-state index contributed by atoms with van der Waals surface area (Å²) < 4.78 is 4.68. The predicted molar refractivity (Wildman–Crippen MR) is 74.5 cm³/mol. The molecular formula is C16H22O2. The van der Waals surface area contributed by atoms with Gasteiger partial charge in [0, 0.05) is 0 Å². The average molecular weight is 246 g/mol. The van der Waals surface area contributed by atoms with Crippen molar-refractivity contribution in [2.24, 2.45) is 0 Å². The molecule has 0 aliphatic rings. The number of carbonyl (C=O) groups is 1. The molecule has 0 N–H and O–H groups in total. The second kappa shape index (κ2) is 8.51. The van der Waals surface area contributed by atoms with E-state index in [1.54, 1.807) is 0 Å². The van der Waals surface area contributed by atoms with Crippen LogP contribution in [0, 0.1) is 6.92 Å². The topological polar surface area (TPSA) is 26.3 Å². The monoisotopic (exact) mass is 246 g/mol. The fourth-order valence-electron chi connectivity index (χ4n) is 1.80. The Bertz CT molecular complexity index is 377. The van der Waals surface area contributed by atoms with Crippen LogP contribution < -0.4 is 0 Å². The third kappa shape index (κ3) is 6.24. The molecule has 0 bridgehead atoms. The van der Waals surface area contributed by atoms with Crippen molar-refractivity contribution in [1.82, 2.24) is 0 Å². The summed E-state index contributed by atoms with van der Waals surface area (Å²) in [7, 11) is 0. The second-order valence-corrected chi connectivity index (χ2v) is 4.69. The molecule has 0 spiro atoms. The molecule has 18 heavy (non-hydrogen) atoms. The Morgan fingerprint density at radius 1 is 1.22 bits per heavy atom. The van der Waals surface area contributed by atoms with Crippen molar-refractivity contribution >= 4 is 6.47 Å². The maximum atomic E-state index is 10.0. The summed E-state index contributed by atoms with van der Waals surface area (Å²) in [5.41, 5.74) is 3.84. The fourth-order valence-corrected chi connectivity index (χ4v) is 1.80. The number of carbonyl (C=O) groups excluding carboxylic acids is 1. The summed E-state index contributed by atoms with van der Waals surface area (Å²) in [6.07, 6.45) is 6.71. The normalized spacial score (nSPS) is 11.3. The van der Waals surface area contributed by atoms with Crippen molar-refractivity contribution in [1.29, 1.82) is 0 Å². The van der Waals surface area contributed by atoms with Crippen LogP contribution in [0.15, 0.2) is 35.9 Å². The average Bonchev–Trinajstić information content (AvgIpc) is 2.38. The Kier molecular flexibility index (Phi) is 6.85. The van der Waals surface area contributed by atoms with Gasteiger partial charge < -0.3 is 4.74 Å². The molecule has 0 radical (unpaired) electrons. The highest BCUT2D eigenvalue weighted by Gasteiger charge is 1.94. The summed E-state index contributed by atoms with van der Waals surface area (Å²) in [5.74, 6) is 0. The van der Waals surface area contributed by atoms with Crippen LogP contribution in [0.25, 0.3) is 0 Å². The van der Waals surface area contributed by atoms with Crippen LogP contribution in [0.5, 0.6) is 0 Å². The summed E-state index contributed by atoms with van der Waals surface area (Å²) in [6.45, 7) is 5.01. The molecule has 2 nitrogen and oxygen atoms in total. The van der Waals surface area contributed by atoms with Crippen molar-refractivity contribution in [3.05, 3.63) is 47.0 Å². The number of allylic oxidation sites excluding steroid dienone is 1. The van der Waals surface area contributed by atoms with E-state index < -0.39 is 0 Å². The van der Waals surface area contributed by atoms with Crippen LogP contribution in [0.2, 0.25) is 0 Å². The molecule has 1 aromatic rings. The molecule has 0 amide bonds. The van der Waals surface area contributed by atoms with Crippen molar-refractivity contribution in [2.75, 3.05) is 6.61 Å². The molecule has 98 valence electrons. The highest BCUT2D eigenvalue weighted by Crippen LogP contribution is 2.09. The molecule has 0 aliphatic carbocycles. The lowest BCUT2D eigenvalue weighted by atomic mass is 10.1. The maximum Gasteiger partial charge on any atom is 0.293 e. The van der Waals surface area contributed by atoms with Crippen molar-refractivity contribution < 1.29 is 9.53 Å². The van der Waals surface area contributed by atoms with Gasteiger partial charge in [0.05, 0.1) is 0 Å². The Hall–Kier alpha value is -1.57. The molecule has 0 heterocycles. The van der Waals surface area contributed by atoms with Gasteiger partial charge in [0.2, 0.25) is 0 Å². The number of aryl methyl sites for hydroxylation is 2. The van der Waals surface area contributed by atoms with Gasteiger partial charge >= 0.3 is 0 Å². The lowest BCUT2D eigenvalue weighted by molar-refractivity contribution is -0.127. The van der Waals surface area contributed by atoms with E-state index in [1.807, 2.05) is 6.92 Å². The van der Waals surface area contributed by atoms with Crippen LogP contribution in [-0.4, -0.2) is 13.1 Å². The van der Waals surface area contributed by atoms with E-state index in [0.29, 0.717) is 13.1 Å². The zero-order valence-electron chi connectivity index (χ0n) is 11.3. The van der Waals surface area contributed by atoms with Gasteiger partial charge in [-0.25, -0.2) is 0 Å². The molecule has 0 aromatic heterocycles. The van der Waals surface area contributed by atoms with E-state index >= 15 is 0 Å². The molecule has 0 aliphatic heterocycles. The molecule has 0 saturated carbocycles. The van der Waals surface area contributed by atoms with E-state index in [4.69, 9.17) is 0 Å². The highest BCUT2D eigenvalue weighted by atomic mass is 16.5. The fraction of sp³-hybridized carbons (Fsp3) is 0.438. The molecule has 0 fully saturated rings. The van der Waals surface area contributed by atoms with Crippen LogP contribution in [0.4, 0.5) is 0 Å². The zero-order valence-corrected chi connectivity index (χ0v) is 11.3. The first-order valence-corrected chi connectivity index (χ1v) is 6.49. The number of hydrogen-bond acceptors (Lipinski definition) is 2. The Morgan fingerprint density at radius 3 is 2.61 bits per heavy atom. The van der Waals surface area contributed by atoms with Gasteiger partial charge in [-0.15, -0.1) is 0 Å². The van der Waals surface area contributed by atoms with E-state index in [1.165, 1.54) is 24.0 Å². The number of unbranched alkanes of at least 4 members (excludes halogenated alkanes) is 2. The van der Waals surface area contributed by atoms with Crippen molar-refractivity contribution in [3.63, 3.8) is 0 Å². The molecule has 0 unspecified atom stereocenters. The Labute approximate surface area is 110 Å². The number of ether oxygens (including phenoxy) is 1. The maximum absolute atomic E-state index is 10.0. The third-order valence-corrected chi connectivity index (χ3v) is 2.91. The lowest BCUT2D eigenvalue weighted by Gasteiger charge is -2.02. The number of hydrogen-bond donors (Lipinski definition) is 0. The van der Waals surface area contributed by atoms with E-state index in [9.17, 15) is 4.79 Å². The highest BCUT2D eigenvalue weighted by molar-refractivity contribution is 5.37. The summed E-state index contributed by atoms with van der Waals surface area (Å²) in [5, 5.41) is 0. The SMILES string of the molecule is C/C(=C/CCCCc1ccc(C)cc1)COC=O. The minimum atomic E-state index is 0.418. The van der Waals surface area contributed by atoms with Crippen LogP contribution in [0.3, 0.4) is 0 Å². The van der Waals surface area contributed by atoms with Crippen LogP contribution >= 0.6 is 0 Å². The zero-order chi connectivity index (χ0) is 13.2. The van der Waals surface area contributed by atoms with Gasteiger partial charge in [-0.1, -0.05) is 35.9 Å². The van der Waals surface area contributed by atoms with Gasteiger partial charge in [0.25, 0.3) is 6.47 Å². The molecule has 1 aromatic carbocycles. The van der Waals surface area contributed by atoms with E-state index in [-0.39, 0.29) is 0 Å². The molecule has 0 saturated heterocycles. The minimum absolute atomic E-state index is 0.418. The van der Waals surface area contributed by atoms with Crippen molar-refractivity contribution in [3.8, 4) is 0 Å². The standard InChI is InChI=1S/C16H22O2/c1-14-8-10-16(11-9-14)7-5-3-4-6-15(2)12-18-13-17/h6,8-11,13H,3-5,7,12H2,1-2H3/b15-6-. The second-order valence-electron chi connectivity index (χ2n) is 4.69. The van der Waals surface area contributed by atoms with E-state index in [0.717, 1.165) is 18.4 Å². The predicted octanol–water partition coefficient (Wildman–Crippen LogP) is 3.83. The Balaban J connectivity index is 2.15. The quantitative estimate of drug-likeness (QED) is 0.396. The van der Waals surface area contributed by atoms with Gasteiger partial charge in [-0.05, 0) is 50.7 Å². The largest absolute Gasteiger partial charge is 0.463 e. The summed E-state index contributed by atoms with van der Waals surface area (Å²) in [4.78, 5) is 10.0. The molecule has 0 atom stereocenters. The lowest BCUT2D eigenvalue weighted by Crippen LogP contribution is -1.92. The smallest absolute Gasteiger partial charge is 0.293 e. The molecule has 2 heteroatoms. The Morgan fingerprint density at radius 2 is 1.94 bits per heavy atom. The van der Waals surface area contributed by atoms with Gasteiger partial charge in [0.15, 0.2) is 0 Å².